The van der Waals surface area contributed by atoms with Crippen molar-refractivity contribution in [1.29, 1.82) is 0 Å². The number of rotatable bonds is 9. The normalized spacial score (nSPS) is 15.2. The van der Waals surface area contributed by atoms with Crippen LogP contribution in [0.15, 0.2) is 71.9 Å². The van der Waals surface area contributed by atoms with Crippen LogP contribution in [0.5, 0.6) is 5.75 Å². The standard InChI is InChI=1S/C25H27N5O3/c1-17-7-6-10-20(33-14-13-32-2)23(17)19-11-12-27-21(16-19)30-22(28-25(29-30)24(26)31)15-18-8-4-3-5-9-18/h3-12,16,22H,13-15H2,1-2H3,(H2,26,31)(H,28,29). The van der Waals surface area contributed by atoms with Gasteiger partial charge in [0.2, 0.25) is 5.84 Å². The Bertz CT molecular complexity index is 1150. The summed E-state index contributed by atoms with van der Waals surface area (Å²) in [4.78, 5) is 20.9. The van der Waals surface area contributed by atoms with E-state index >= 15 is 0 Å². The lowest BCUT2D eigenvalue weighted by Gasteiger charge is -2.25. The lowest BCUT2D eigenvalue weighted by molar-refractivity contribution is -0.112. The number of carbonyl (C=O) groups excluding carboxylic acids is 1. The number of methoxy groups -OCH3 is 1. The zero-order valence-corrected chi connectivity index (χ0v) is 18.7. The number of amides is 1. The number of nitrogens with one attached hydrogen (secondary N) is 1. The van der Waals surface area contributed by atoms with Crippen molar-refractivity contribution in [1.82, 2.24) is 10.4 Å². The second-order valence-corrected chi connectivity index (χ2v) is 7.69. The first-order chi connectivity index (χ1) is 16.1. The summed E-state index contributed by atoms with van der Waals surface area (Å²) in [7, 11) is 1.65. The Kier molecular flexibility index (Phi) is 6.85. The molecular weight excluding hydrogens is 418 g/mol. The van der Waals surface area contributed by atoms with E-state index < -0.39 is 5.91 Å². The van der Waals surface area contributed by atoms with Gasteiger partial charge in [0, 0.05) is 25.3 Å². The summed E-state index contributed by atoms with van der Waals surface area (Å²) >= 11 is 0. The monoisotopic (exact) mass is 445 g/mol. The van der Waals surface area contributed by atoms with Crippen LogP contribution in [-0.2, 0) is 16.0 Å². The van der Waals surface area contributed by atoms with Crippen molar-refractivity contribution in [2.24, 2.45) is 10.7 Å². The van der Waals surface area contributed by atoms with E-state index in [1.54, 1.807) is 18.3 Å². The summed E-state index contributed by atoms with van der Waals surface area (Å²) in [6, 6.07) is 19.8. The molecule has 1 aliphatic rings. The lowest BCUT2D eigenvalue weighted by Crippen LogP contribution is -2.45. The Morgan fingerprint density at radius 3 is 2.70 bits per heavy atom. The minimum Gasteiger partial charge on any atom is -0.491 e. The third-order valence-electron chi connectivity index (χ3n) is 5.36. The van der Waals surface area contributed by atoms with Gasteiger partial charge in [-0.25, -0.2) is 15.0 Å². The number of ether oxygens (including phenoxy) is 2. The number of hydrogen-bond acceptors (Lipinski definition) is 7. The van der Waals surface area contributed by atoms with Crippen LogP contribution in [0, 0.1) is 6.92 Å². The Balaban J connectivity index is 1.66. The van der Waals surface area contributed by atoms with Crippen LogP contribution in [-0.4, -0.2) is 43.2 Å². The molecule has 0 aliphatic carbocycles. The Morgan fingerprint density at radius 2 is 1.94 bits per heavy atom. The van der Waals surface area contributed by atoms with E-state index in [1.165, 1.54) is 0 Å². The molecule has 1 atom stereocenters. The van der Waals surface area contributed by atoms with Gasteiger partial charge in [-0.2, -0.15) is 0 Å². The number of nitrogens with two attached hydrogens (primary N) is 1. The highest BCUT2D eigenvalue weighted by atomic mass is 16.5. The third-order valence-corrected chi connectivity index (χ3v) is 5.36. The molecule has 0 fully saturated rings. The summed E-state index contributed by atoms with van der Waals surface area (Å²) < 4.78 is 11.1. The maximum Gasteiger partial charge on any atom is 0.285 e. The van der Waals surface area contributed by atoms with Crippen LogP contribution >= 0.6 is 0 Å². The van der Waals surface area contributed by atoms with Crippen molar-refractivity contribution in [3.8, 4) is 16.9 Å². The third kappa shape index (κ3) is 5.12. The molecule has 170 valence electrons. The fourth-order valence-corrected chi connectivity index (χ4v) is 3.79. The summed E-state index contributed by atoms with van der Waals surface area (Å²) in [5.41, 5.74) is 12.6. The summed E-state index contributed by atoms with van der Waals surface area (Å²) in [5.74, 6) is 0.898. The number of pyridine rings is 1. The molecule has 0 saturated heterocycles. The molecule has 33 heavy (non-hydrogen) atoms. The van der Waals surface area contributed by atoms with E-state index in [4.69, 9.17) is 15.2 Å². The number of benzene rings is 2. The maximum absolute atomic E-state index is 11.8. The second kappa shape index (κ2) is 10.1. The number of hydrogen-bond donors (Lipinski definition) is 2. The van der Waals surface area contributed by atoms with Gasteiger partial charge >= 0.3 is 0 Å². The molecule has 1 unspecified atom stereocenters. The van der Waals surface area contributed by atoms with Gasteiger partial charge in [-0.3, -0.25) is 10.2 Å². The zero-order valence-electron chi connectivity index (χ0n) is 18.7. The molecule has 0 bridgehead atoms. The number of nitrogens with zero attached hydrogens (tertiary/aromatic N) is 3. The topological polar surface area (TPSA) is 102 Å². The number of aromatic nitrogens is 1. The number of hydrazine groups is 1. The molecule has 2 aromatic carbocycles. The Labute approximate surface area is 193 Å². The average molecular weight is 446 g/mol. The van der Waals surface area contributed by atoms with Crippen LogP contribution < -0.4 is 20.9 Å². The highest BCUT2D eigenvalue weighted by Crippen LogP contribution is 2.35. The van der Waals surface area contributed by atoms with Crippen molar-refractivity contribution in [3.63, 3.8) is 0 Å². The fourth-order valence-electron chi connectivity index (χ4n) is 3.79. The lowest BCUT2D eigenvalue weighted by atomic mass is 10.00. The van der Waals surface area contributed by atoms with Gasteiger partial charge in [-0.1, -0.05) is 42.5 Å². The quantitative estimate of drug-likeness (QED) is 0.491. The van der Waals surface area contributed by atoms with Crippen molar-refractivity contribution >= 4 is 17.6 Å². The first kappa shape index (κ1) is 22.3. The van der Waals surface area contributed by atoms with Crippen molar-refractivity contribution < 1.29 is 14.3 Å². The van der Waals surface area contributed by atoms with Crippen molar-refractivity contribution in [3.05, 3.63) is 78.0 Å². The van der Waals surface area contributed by atoms with E-state index in [0.29, 0.717) is 25.5 Å². The second-order valence-electron chi connectivity index (χ2n) is 7.69. The molecule has 3 aromatic rings. The molecule has 4 rings (SSSR count). The molecule has 0 saturated carbocycles. The largest absolute Gasteiger partial charge is 0.491 e. The van der Waals surface area contributed by atoms with Crippen molar-refractivity contribution in [2.45, 2.75) is 19.5 Å². The maximum atomic E-state index is 11.8. The van der Waals surface area contributed by atoms with Crippen LogP contribution in [0.3, 0.4) is 0 Å². The van der Waals surface area contributed by atoms with Gasteiger partial charge in [0.05, 0.1) is 6.61 Å². The number of carbonyl (C=O) groups is 1. The fraction of sp³-hybridized carbons (Fsp3) is 0.240. The van der Waals surface area contributed by atoms with E-state index in [-0.39, 0.29) is 12.0 Å². The van der Waals surface area contributed by atoms with Gasteiger partial charge in [0.1, 0.15) is 24.3 Å². The predicted octanol–water partition coefficient (Wildman–Crippen LogP) is 2.86. The first-order valence-electron chi connectivity index (χ1n) is 10.7. The molecule has 1 aliphatic heterocycles. The van der Waals surface area contributed by atoms with Crippen molar-refractivity contribution in [2.75, 3.05) is 25.3 Å². The van der Waals surface area contributed by atoms with Gasteiger partial charge in [0.15, 0.2) is 0 Å². The molecule has 1 amide bonds. The number of amidine groups is 1. The molecule has 1 aromatic heterocycles. The molecular formula is C25H27N5O3. The average Bonchev–Trinajstić information content (AvgIpc) is 3.24. The molecule has 8 heteroatoms. The smallest absolute Gasteiger partial charge is 0.285 e. The highest BCUT2D eigenvalue weighted by molar-refractivity contribution is 6.38. The highest BCUT2D eigenvalue weighted by Gasteiger charge is 2.30. The Hall–Kier alpha value is -3.91. The van der Waals surface area contributed by atoms with Gasteiger partial charge < -0.3 is 15.2 Å². The van der Waals surface area contributed by atoms with Gasteiger partial charge in [-0.05, 0) is 41.8 Å². The number of aryl methyl sites for hydroxylation is 1. The molecule has 0 spiro atoms. The summed E-state index contributed by atoms with van der Waals surface area (Å²) in [6.07, 6.45) is 1.96. The SMILES string of the molecule is COCCOc1cccc(C)c1-c1ccnc(N2NC(C(N)=O)=NC2Cc2ccccc2)c1. The number of aliphatic imine (C=N–C) groups is 1. The van der Waals surface area contributed by atoms with Gasteiger partial charge in [0.25, 0.3) is 5.91 Å². The molecule has 3 N–H and O–H groups in total. The molecule has 2 heterocycles. The summed E-state index contributed by atoms with van der Waals surface area (Å²) in [5, 5.41) is 1.78. The minimum absolute atomic E-state index is 0.114. The van der Waals surface area contributed by atoms with E-state index in [1.807, 2.05) is 67.6 Å². The van der Waals surface area contributed by atoms with E-state index in [2.05, 4.69) is 15.4 Å². The van der Waals surface area contributed by atoms with Crippen LogP contribution in [0.4, 0.5) is 5.82 Å². The van der Waals surface area contributed by atoms with Crippen LogP contribution in [0.25, 0.3) is 11.1 Å². The van der Waals surface area contributed by atoms with E-state index in [0.717, 1.165) is 28.0 Å². The summed E-state index contributed by atoms with van der Waals surface area (Å²) in [6.45, 7) is 2.99. The Morgan fingerprint density at radius 1 is 1.12 bits per heavy atom. The van der Waals surface area contributed by atoms with Crippen LogP contribution in [0.2, 0.25) is 0 Å². The zero-order chi connectivity index (χ0) is 23.2. The molecule has 8 nitrogen and oxygen atoms in total. The minimum atomic E-state index is -0.612. The van der Waals surface area contributed by atoms with Crippen LogP contribution in [0.1, 0.15) is 11.1 Å². The first-order valence-corrected chi connectivity index (χ1v) is 10.7. The number of anilines is 1. The predicted molar refractivity (Wildman–Crippen MR) is 128 cm³/mol. The van der Waals surface area contributed by atoms with E-state index in [9.17, 15) is 4.79 Å². The van der Waals surface area contributed by atoms with Gasteiger partial charge in [-0.15, -0.1) is 0 Å². The molecule has 0 radical (unpaired) electrons. The number of primary amides is 1.